The van der Waals surface area contributed by atoms with Gasteiger partial charge in [-0.3, -0.25) is 0 Å². The molecule has 130 valence electrons. The number of hydrogen-bond donors (Lipinski definition) is 0. The van der Waals surface area contributed by atoms with Gasteiger partial charge in [0.15, 0.2) is 0 Å². The molecular weight excluding hydrogens is 394 g/mol. The molecule has 4 aromatic rings. The van der Waals surface area contributed by atoms with E-state index in [2.05, 4.69) is 4.52 Å². The van der Waals surface area contributed by atoms with Crippen molar-refractivity contribution in [1.82, 2.24) is 0 Å². The van der Waals surface area contributed by atoms with Gasteiger partial charge < -0.3 is 13.9 Å². The molecule has 0 aliphatic carbocycles. The average Bonchev–Trinajstić information content (AvgIpc) is 3.05. The van der Waals surface area contributed by atoms with E-state index in [1.807, 2.05) is 48.5 Å². The molecule has 0 spiro atoms. The van der Waals surface area contributed by atoms with Gasteiger partial charge in [0.1, 0.15) is 10.6 Å². The first-order valence-electron chi connectivity index (χ1n) is 7.72. The Labute approximate surface area is 181 Å². The van der Waals surface area contributed by atoms with Crippen molar-refractivity contribution in [1.29, 1.82) is 0 Å². The summed E-state index contributed by atoms with van der Waals surface area (Å²) in [5.41, 5.74) is 0. The number of hydrogen-bond acceptors (Lipinski definition) is 6. The van der Waals surface area contributed by atoms with E-state index in [1.54, 1.807) is 18.2 Å². The van der Waals surface area contributed by atoms with E-state index >= 15 is 0 Å². The predicted molar refractivity (Wildman–Crippen MR) is 99.4 cm³/mol. The van der Waals surface area contributed by atoms with Gasteiger partial charge in [-0.2, -0.15) is 0 Å². The van der Waals surface area contributed by atoms with Crippen LogP contribution in [0.5, 0.6) is 5.75 Å². The van der Waals surface area contributed by atoms with Crippen molar-refractivity contribution in [2.24, 2.45) is 0 Å². The van der Waals surface area contributed by atoms with Gasteiger partial charge in [-0.25, -0.2) is 9.36 Å². The molecule has 0 saturated heterocycles. The van der Waals surface area contributed by atoms with Crippen LogP contribution in [0.2, 0.25) is 0 Å². The van der Waals surface area contributed by atoms with Crippen LogP contribution < -0.4 is 39.0 Å². The standard InChI is InChI=1S/C19H13O5PS.Na/c20-19(18-12-15-7-3-4-8-17(15)26-18)24-25(21,22)23-16-10-9-13-5-1-2-6-14(13)11-16;/h1-12H,(H,21,22);/q;+1/p-1. The number of fused-ring (bicyclic) bond motifs is 2. The number of rotatable bonds is 4. The van der Waals surface area contributed by atoms with Crippen LogP contribution in [0.1, 0.15) is 9.67 Å². The molecule has 0 N–H and O–H groups in total. The Hall–Kier alpha value is -1.66. The second kappa shape index (κ2) is 8.15. The molecule has 1 heterocycles. The first kappa shape index (κ1) is 20.1. The fourth-order valence-electron chi connectivity index (χ4n) is 2.60. The average molecular weight is 406 g/mol. The van der Waals surface area contributed by atoms with Crippen LogP contribution in [-0.2, 0) is 9.09 Å². The molecule has 0 bridgehead atoms. The molecule has 4 rings (SSSR count). The molecule has 0 saturated carbocycles. The summed E-state index contributed by atoms with van der Waals surface area (Å²) in [6.45, 7) is 0. The Morgan fingerprint density at radius 3 is 2.30 bits per heavy atom. The second-order valence-corrected chi connectivity index (χ2v) is 7.92. The van der Waals surface area contributed by atoms with Crippen molar-refractivity contribution in [3.63, 3.8) is 0 Å². The van der Waals surface area contributed by atoms with Gasteiger partial charge in [0.05, 0.1) is 0 Å². The van der Waals surface area contributed by atoms with E-state index in [1.165, 1.54) is 6.07 Å². The van der Waals surface area contributed by atoms with Crippen LogP contribution in [0.4, 0.5) is 0 Å². The molecule has 1 unspecified atom stereocenters. The van der Waals surface area contributed by atoms with Crippen LogP contribution in [0.25, 0.3) is 20.9 Å². The molecule has 0 aliphatic heterocycles. The number of phosphoric acid groups is 1. The first-order chi connectivity index (χ1) is 12.5. The minimum atomic E-state index is -4.85. The molecule has 8 heteroatoms. The van der Waals surface area contributed by atoms with Crippen LogP contribution in [0.3, 0.4) is 0 Å². The largest absolute Gasteiger partial charge is 1.00 e. The normalized spacial score (nSPS) is 12.9. The number of phosphoric ester groups is 1. The van der Waals surface area contributed by atoms with E-state index in [4.69, 9.17) is 4.52 Å². The molecular formula is C19H12NaO5PS. The van der Waals surface area contributed by atoms with Crippen molar-refractivity contribution in [3.8, 4) is 5.75 Å². The molecule has 3 aromatic carbocycles. The summed E-state index contributed by atoms with van der Waals surface area (Å²) in [6.07, 6.45) is 0. The summed E-state index contributed by atoms with van der Waals surface area (Å²) in [4.78, 5) is 24.5. The van der Waals surface area contributed by atoms with Crippen molar-refractivity contribution in [2.45, 2.75) is 0 Å². The first-order valence-corrected chi connectivity index (χ1v) is 10.00. The van der Waals surface area contributed by atoms with E-state index < -0.39 is 13.8 Å². The van der Waals surface area contributed by atoms with Crippen molar-refractivity contribution in [3.05, 3.63) is 77.7 Å². The zero-order chi connectivity index (χ0) is 18.1. The SMILES string of the molecule is O=C(OP(=O)([O-])Oc1ccc2ccccc2c1)c1cc2ccccc2s1.[Na+]. The third kappa shape index (κ3) is 4.61. The number of thiophene rings is 1. The summed E-state index contributed by atoms with van der Waals surface area (Å²) in [5, 5.41) is 2.62. The Bertz CT molecular complexity index is 1140. The van der Waals surface area contributed by atoms with E-state index in [0.717, 1.165) is 32.2 Å². The summed E-state index contributed by atoms with van der Waals surface area (Å²) < 4.78 is 22.5. The van der Waals surface area contributed by atoms with Crippen LogP contribution in [-0.4, -0.2) is 5.97 Å². The van der Waals surface area contributed by atoms with Gasteiger partial charge in [0.25, 0.3) is 0 Å². The minimum Gasteiger partial charge on any atom is -0.736 e. The molecule has 1 aromatic heterocycles. The Balaban J connectivity index is 0.00000210. The minimum absolute atomic E-state index is 0. The number of carbonyl (C=O) groups excluding carboxylic acids is 1. The van der Waals surface area contributed by atoms with Gasteiger partial charge >= 0.3 is 43.3 Å². The maximum Gasteiger partial charge on any atom is 1.00 e. The fraction of sp³-hybridized carbons (Fsp3) is 0. The van der Waals surface area contributed by atoms with Crippen LogP contribution in [0, 0.1) is 0 Å². The Morgan fingerprint density at radius 1 is 0.889 bits per heavy atom. The van der Waals surface area contributed by atoms with Crippen molar-refractivity contribution in [2.75, 3.05) is 0 Å². The summed E-state index contributed by atoms with van der Waals surface area (Å²) in [6, 6.07) is 21.2. The fourth-order valence-corrected chi connectivity index (χ4v) is 4.31. The molecule has 0 amide bonds. The topological polar surface area (TPSA) is 75.7 Å². The smallest absolute Gasteiger partial charge is 0.736 e. The molecule has 0 radical (unpaired) electrons. The summed E-state index contributed by atoms with van der Waals surface area (Å²) in [5.74, 6) is -0.864. The van der Waals surface area contributed by atoms with Crippen molar-refractivity contribution < 1.29 is 52.9 Å². The van der Waals surface area contributed by atoms with Crippen LogP contribution >= 0.6 is 19.2 Å². The van der Waals surface area contributed by atoms with Gasteiger partial charge in [0.2, 0.25) is 0 Å². The van der Waals surface area contributed by atoms with E-state index in [-0.39, 0.29) is 40.2 Å². The summed E-state index contributed by atoms with van der Waals surface area (Å²) >= 11 is 1.16. The maximum atomic E-state index is 12.2. The van der Waals surface area contributed by atoms with Crippen molar-refractivity contribution >= 4 is 46.0 Å². The zero-order valence-corrected chi connectivity index (χ0v) is 18.0. The van der Waals surface area contributed by atoms with Gasteiger partial charge in [0, 0.05) is 4.70 Å². The van der Waals surface area contributed by atoms with Gasteiger partial charge in [-0.1, -0.05) is 48.5 Å². The Kier molecular flexibility index (Phi) is 6.06. The van der Waals surface area contributed by atoms with E-state index in [9.17, 15) is 14.3 Å². The molecule has 1 atom stereocenters. The zero-order valence-electron chi connectivity index (χ0n) is 14.3. The monoisotopic (exact) mass is 406 g/mol. The van der Waals surface area contributed by atoms with Gasteiger partial charge in [-0.15, -0.1) is 11.3 Å². The third-order valence-electron chi connectivity index (χ3n) is 3.76. The summed E-state index contributed by atoms with van der Waals surface area (Å²) in [7, 11) is -4.85. The molecule has 0 fully saturated rings. The quantitative estimate of drug-likeness (QED) is 0.381. The molecule has 5 nitrogen and oxygen atoms in total. The predicted octanol–water partition coefficient (Wildman–Crippen LogP) is 1.76. The van der Waals surface area contributed by atoms with Gasteiger partial charge in [-0.05, 0) is 40.4 Å². The third-order valence-corrected chi connectivity index (χ3v) is 5.68. The van der Waals surface area contributed by atoms with Crippen LogP contribution in [0.15, 0.2) is 72.8 Å². The van der Waals surface area contributed by atoms with E-state index in [0.29, 0.717) is 0 Å². The maximum absolute atomic E-state index is 12.2. The second-order valence-electron chi connectivity index (χ2n) is 5.57. The number of benzene rings is 3. The molecule has 0 aliphatic rings. The number of carbonyl (C=O) groups is 1. The molecule has 27 heavy (non-hydrogen) atoms. The Morgan fingerprint density at radius 2 is 1.56 bits per heavy atom.